The van der Waals surface area contributed by atoms with Crippen molar-refractivity contribution < 1.29 is 14.6 Å². The number of carboxylic acid groups (broad SMARTS) is 1. The summed E-state index contributed by atoms with van der Waals surface area (Å²) in [6, 6.07) is 0. The topological polar surface area (TPSA) is 46.5 Å². The molecule has 2 bridgehead atoms. The third-order valence-electron chi connectivity index (χ3n) is 2.05. The molecule has 1 N–H and O–H groups in total. The minimum Gasteiger partial charge on any atom is -0.481 e. The molecular formula is C7H8O3. The number of carboxylic acids is 1. The Balaban J connectivity index is 2.16. The highest BCUT2D eigenvalue weighted by Gasteiger charge is 2.40. The van der Waals surface area contributed by atoms with E-state index in [0.717, 1.165) is 0 Å². The minimum atomic E-state index is -0.739. The molecule has 2 aliphatic rings. The van der Waals surface area contributed by atoms with Crippen LogP contribution in [0.4, 0.5) is 0 Å². The van der Waals surface area contributed by atoms with Crippen molar-refractivity contribution in [3.63, 3.8) is 0 Å². The number of fused-ring (bicyclic) bond motifs is 2. The number of hydrogen-bond acceptors (Lipinski definition) is 2. The Morgan fingerprint density at radius 2 is 2.40 bits per heavy atom. The van der Waals surface area contributed by atoms with Gasteiger partial charge >= 0.3 is 5.97 Å². The Labute approximate surface area is 58.3 Å². The first kappa shape index (κ1) is 5.92. The van der Waals surface area contributed by atoms with E-state index in [-0.39, 0.29) is 18.1 Å². The predicted octanol–water partition coefficient (Wildman–Crippen LogP) is 0.415. The highest BCUT2D eigenvalue weighted by Crippen LogP contribution is 2.33. The summed E-state index contributed by atoms with van der Waals surface area (Å²) in [5, 5.41) is 8.62. The molecule has 10 heavy (non-hydrogen) atoms. The second kappa shape index (κ2) is 1.83. The zero-order valence-corrected chi connectivity index (χ0v) is 5.36. The van der Waals surface area contributed by atoms with E-state index < -0.39 is 5.97 Å². The smallest absolute Gasteiger partial charge is 0.309 e. The Kier molecular flexibility index (Phi) is 1.08. The van der Waals surface area contributed by atoms with Crippen LogP contribution in [0.25, 0.3) is 0 Å². The molecule has 54 valence electrons. The number of ether oxygens (including phenoxy) is 1. The highest BCUT2D eigenvalue weighted by atomic mass is 16.5. The fraction of sp³-hybridized carbons (Fsp3) is 0.571. The van der Waals surface area contributed by atoms with E-state index in [1.165, 1.54) is 0 Å². The maximum absolute atomic E-state index is 10.5. The molecule has 0 saturated carbocycles. The van der Waals surface area contributed by atoms with Crippen LogP contribution in [0.15, 0.2) is 12.2 Å². The molecule has 1 fully saturated rings. The molecule has 2 heterocycles. The zero-order chi connectivity index (χ0) is 7.14. The van der Waals surface area contributed by atoms with Gasteiger partial charge in [0.1, 0.15) is 0 Å². The lowest BCUT2D eigenvalue weighted by molar-refractivity contribution is -0.142. The molecule has 0 radical (unpaired) electrons. The van der Waals surface area contributed by atoms with Crippen molar-refractivity contribution in [2.45, 2.75) is 18.6 Å². The van der Waals surface area contributed by atoms with Gasteiger partial charge in [0.2, 0.25) is 0 Å². The molecule has 2 aliphatic heterocycles. The average Bonchev–Trinajstić information content (AvgIpc) is 2.44. The summed E-state index contributed by atoms with van der Waals surface area (Å²) in [5.41, 5.74) is 0. The van der Waals surface area contributed by atoms with Crippen LogP contribution in [-0.4, -0.2) is 23.3 Å². The van der Waals surface area contributed by atoms with Gasteiger partial charge in [-0.05, 0) is 6.42 Å². The SMILES string of the molecule is O=C(O)[C@@H]1C[C@@H]2C=C[C@H]1O2. The van der Waals surface area contributed by atoms with Gasteiger partial charge in [-0.3, -0.25) is 4.79 Å². The zero-order valence-electron chi connectivity index (χ0n) is 5.36. The largest absolute Gasteiger partial charge is 0.481 e. The van der Waals surface area contributed by atoms with Crippen LogP contribution in [0.5, 0.6) is 0 Å². The maximum atomic E-state index is 10.5. The molecule has 0 aliphatic carbocycles. The van der Waals surface area contributed by atoms with Crippen LogP contribution in [0, 0.1) is 5.92 Å². The van der Waals surface area contributed by atoms with E-state index in [1.54, 1.807) is 0 Å². The monoisotopic (exact) mass is 140 g/mol. The van der Waals surface area contributed by atoms with Gasteiger partial charge in [0.05, 0.1) is 18.1 Å². The third kappa shape index (κ3) is 0.671. The van der Waals surface area contributed by atoms with Gasteiger partial charge in [-0.2, -0.15) is 0 Å². The second-order valence-corrected chi connectivity index (χ2v) is 2.70. The van der Waals surface area contributed by atoms with Crippen LogP contribution in [-0.2, 0) is 9.53 Å². The maximum Gasteiger partial charge on any atom is 0.309 e. The van der Waals surface area contributed by atoms with Crippen molar-refractivity contribution in [2.24, 2.45) is 5.92 Å². The lowest BCUT2D eigenvalue weighted by Crippen LogP contribution is -2.22. The summed E-state index contributed by atoms with van der Waals surface area (Å²) >= 11 is 0. The van der Waals surface area contributed by atoms with Gasteiger partial charge in [-0.15, -0.1) is 0 Å². The normalized spacial score (nSPS) is 42.6. The lowest BCUT2D eigenvalue weighted by atomic mass is 9.95. The lowest BCUT2D eigenvalue weighted by Gasteiger charge is -2.08. The minimum absolute atomic E-state index is 0.0751. The van der Waals surface area contributed by atoms with Crippen molar-refractivity contribution in [1.82, 2.24) is 0 Å². The first-order chi connectivity index (χ1) is 4.77. The summed E-state index contributed by atoms with van der Waals surface area (Å²) in [6.07, 6.45) is 4.35. The summed E-state index contributed by atoms with van der Waals surface area (Å²) in [5.74, 6) is -1.04. The van der Waals surface area contributed by atoms with Crippen LogP contribution in [0.3, 0.4) is 0 Å². The molecule has 1 saturated heterocycles. The Morgan fingerprint density at radius 1 is 1.60 bits per heavy atom. The molecular weight excluding hydrogens is 132 g/mol. The molecule has 0 aromatic heterocycles. The summed E-state index contributed by atoms with van der Waals surface area (Å²) < 4.78 is 5.25. The van der Waals surface area contributed by atoms with Gasteiger partial charge in [0.15, 0.2) is 0 Å². The second-order valence-electron chi connectivity index (χ2n) is 2.70. The predicted molar refractivity (Wildman–Crippen MR) is 33.5 cm³/mol. The van der Waals surface area contributed by atoms with Crippen molar-refractivity contribution in [3.05, 3.63) is 12.2 Å². The summed E-state index contributed by atoms with van der Waals surface area (Å²) in [4.78, 5) is 10.5. The van der Waals surface area contributed by atoms with Gasteiger partial charge in [0, 0.05) is 0 Å². The highest BCUT2D eigenvalue weighted by molar-refractivity contribution is 5.72. The molecule has 2 rings (SSSR count). The van der Waals surface area contributed by atoms with E-state index in [9.17, 15) is 4.79 Å². The molecule has 0 spiro atoms. The van der Waals surface area contributed by atoms with E-state index in [0.29, 0.717) is 6.42 Å². The number of aliphatic carboxylic acids is 1. The van der Waals surface area contributed by atoms with E-state index in [1.807, 2.05) is 12.2 Å². The van der Waals surface area contributed by atoms with Gasteiger partial charge in [-0.25, -0.2) is 0 Å². The fourth-order valence-electron chi connectivity index (χ4n) is 1.51. The number of rotatable bonds is 1. The molecule has 0 amide bonds. The first-order valence-corrected chi connectivity index (χ1v) is 3.34. The first-order valence-electron chi connectivity index (χ1n) is 3.34. The molecule has 0 aromatic carbocycles. The van der Waals surface area contributed by atoms with Crippen molar-refractivity contribution in [3.8, 4) is 0 Å². The van der Waals surface area contributed by atoms with Crippen molar-refractivity contribution >= 4 is 5.97 Å². The van der Waals surface area contributed by atoms with Gasteiger partial charge in [-0.1, -0.05) is 12.2 Å². The van der Waals surface area contributed by atoms with Crippen molar-refractivity contribution in [2.75, 3.05) is 0 Å². The molecule has 3 heteroatoms. The van der Waals surface area contributed by atoms with Crippen molar-refractivity contribution in [1.29, 1.82) is 0 Å². The summed E-state index contributed by atoms with van der Waals surface area (Å²) in [7, 11) is 0. The Bertz CT molecular complexity index is 197. The van der Waals surface area contributed by atoms with E-state index >= 15 is 0 Å². The van der Waals surface area contributed by atoms with E-state index in [2.05, 4.69) is 0 Å². The quantitative estimate of drug-likeness (QED) is 0.537. The molecule has 0 aromatic rings. The van der Waals surface area contributed by atoms with E-state index in [4.69, 9.17) is 9.84 Å². The Hall–Kier alpha value is -0.830. The number of carbonyl (C=O) groups is 1. The van der Waals surface area contributed by atoms with Gasteiger partial charge < -0.3 is 9.84 Å². The average molecular weight is 140 g/mol. The van der Waals surface area contributed by atoms with Crippen LogP contribution in [0.2, 0.25) is 0 Å². The Morgan fingerprint density at radius 3 is 2.70 bits per heavy atom. The molecule has 3 atom stereocenters. The number of hydrogen-bond donors (Lipinski definition) is 1. The fourth-order valence-corrected chi connectivity index (χ4v) is 1.51. The van der Waals surface area contributed by atoms with Gasteiger partial charge in [0.25, 0.3) is 0 Å². The third-order valence-corrected chi connectivity index (χ3v) is 2.05. The standard InChI is InChI=1S/C7H8O3/c8-7(9)5-3-4-1-2-6(5)10-4/h1-2,4-6H,3H2,(H,8,9)/t4-,5+,6+/m0/s1. The molecule has 3 nitrogen and oxygen atoms in total. The van der Waals surface area contributed by atoms with Crippen LogP contribution in [0.1, 0.15) is 6.42 Å². The molecule has 0 unspecified atom stereocenters. The van der Waals surface area contributed by atoms with Crippen LogP contribution < -0.4 is 0 Å². The summed E-state index contributed by atoms with van der Waals surface area (Å²) in [6.45, 7) is 0. The van der Waals surface area contributed by atoms with Crippen LogP contribution >= 0.6 is 0 Å².